The number of pyridine rings is 1. The summed E-state index contributed by atoms with van der Waals surface area (Å²) in [7, 11) is 2.09. The molecule has 0 radical (unpaired) electrons. The topological polar surface area (TPSA) is 30.3 Å². The highest BCUT2D eigenvalue weighted by atomic mass is 16.5. The molecule has 0 amide bonds. The third-order valence-corrected chi connectivity index (χ3v) is 4.04. The molecule has 2 aromatic rings. The number of aryl methyl sites for hydroxylation is 2. The van der Waals surface area contributed by atoms with Crippen molar-refractivity contribution in [3.05, 3.63) is 53.6 Å². The van der Waals surface area contributed by atoms with Gasteiger partial charge in [-0.1, -0.05) is 6.07 Å². The van der Waals surface area contributed by atoms with Gasteiger partial charge in [-0.15, -0.1) is 0 Å². The fourth-order valence-electron chi connectivity index (χ4n) is 2.80. The minimum absolute atomic E-state index is 0.310. The smallest absolute Gasteiger partial charge is 0.0741 e. The van der Waals surface area contributed by atoms with Crippen LogP contribution in [0.15, 0.2) is 36.7 Å². The molecule has 4 nitrogen and oxygen atoms in total. The van der Waals surface area contributed by atoms with Gasteiger partial charge in [-0.2, -0.15) is 0 Å². The van der Waals surface area contributed by atoms with E-state index in [0.29, 0.717) is 6.04 Å². The van der Waals surface area contributed by atoms with Crippen molar-refractivity contribution >= 4 is 0 Å². The van der Waals surface area contributed by atoms with Gasteiger partial charge in [0.25, 0.3) is 0 Å². The molecule has 3 heterocycles. The maximum absolute atomic E-state index is 5.68. The molecule has 1 atom stereocenters. The molecule has 4 heteroatoms. The van der Waals surface area contributed by atoms with Crippen molar-refractivity contribution in [2.45, 2.75) is 19.5 Å². The van der Waals surface area contributed by atoms with Gasteiger partial charge in [0.2, 0.25) is 0 Å². The van der Waals surface area contributed by atoms with E-state index < -0.39 is 0 Å². The first-order chi connectivity index (χ1) is 9.75. The Balaban J connectivity index is 1.83. The molecule has 106 valence electrons. The van der Waals surface area contributed by atoms with Crippen molar-refractivity contribution in [1.82, 2.24) is 14.5 Å². The summed E-state index contributed by atoms with van der Waals surface area (Å²) in [6.07, 6.45) is 3.97. The zero-order valence-corrected chi connectivity index (χ0v) is 12.1. The summed E-state index contributed by atoms with van der Waals surface area (Å²) < 4.78 is 7.86. The molecular formula is C16H21N3O. The van der Waals surface area contributed by atoms with Crippen molar-refractivity contribution in [3.8, 4) is 0 Å². The van der Waals surface area contributed by atoms with Crippen LogP contribution in [0.3, 0.4) is 0 Å². The third kappa shape index (κ3) is 2.62. The zero-order valence-electron chi connectivity index (χ0n) is 12.1. The Morgan fingerprint density at radius 3 is 3.00 bits per heavy atom. The van der Waals surface area contributed by atoms with Crippen molar-refractivity contribution in [1.29, 1.82) is 0 Å². The van der Waals surface area contributed by atoms with Crippen LogP contribution in [0.2, 0.25) is 0 Å². The molecule has 0 aliphatic carbocycles. The average molecular weight is 271 g/mol. The van der Waals surface area contributed by atoms with Crippen molar-refractivity contribution < 1.29 is 4.74 Å². The van der Waals surface area contributed by atoms with Crippen LogP contribution in [-0.2, 0) is 18.3 Å². The predicted octanol–water partition coefficient (Wildman–Crippen LogP) is 2.30. The van der Waals surface area contributed by atoms with Gasteiger partial charge in [0.1, 0.15) is 0 Å². The summed E-state index contributed by atoms with van der Waals surface area (Å²) in [5.41, 5.74) is 3.72. The van der Waals surface area contributed by atoms with E-state index in [9.17, 15) is 0 Å². The Morgan fingerprint density at radius 2 is 2.25 bits per heavy atom. The summed E-state index contributed by atoms with van der Waals surface area (Å²) in [4.78, 5) is 6.99. The van der Waals surface area contributed by atoms with Gasteiger partial charge >= 0.3 is 0 Å². The fraction of sp³-hybridized carbons (Fsp3) is 0.438. The first-order valence-electron chi connectivity index (χ1n) is 7.09. The number of hydrogen-bond donors (Lipinski definition) is 0. The summed E-state index contributed by atoms with van der Waals surface area (Å²) in [6, 6.07) is 8.70. The number of aromatic nitrogens is 2. The van der Waals surface area contributed by atoms with Gasteiger partial charge in [-0.3, -0.25) is 9.88 Å². The maximum atomic E-state index is 5.68. The molecule has 0 N–H and O–H groups in total. The minimum Gasteiger partial charge on any atom is -0.378 e. The highest BCUT2D eigenvalue weighted by Gasteiger charge is 2.26. The van der Waals surface area contributed by atoms with Crippen LogP contribution in [0, 0.1) is 6.92 Å². The molecule has 0 bridgehead atoms. The summed E-state index contributed by atoms with van der Waals surface area (Å²) >= 11 is 0. The Labute approximate surface area is 120 Å². The summed E-state index contributed by atoms with van der Waals surface area (Å²) in [5, 5.41) is 0. The SMILES string of the molecule is Cc1cccnc1CN1CCOCC1c1cccn1C. The second kappa shape index (κ2) is 5.77. The van der Waals surface area contributed by atoms with Crippen LogP contribution in [-0.4, -0.2) is 34.2 Å². The van der Waals surface area contributed by atoms with Crippen LogP contribution in [0.4, 0.5) is 0 Å². The molecular weight excluding hydrogens is 250 g/mol. The van der Waals surface area contributed by atoms with Gasteiger partial charge in [0.05, 0.1) is 24.9 Å². The highest BCUT2D eigenvalue weighted by Crippen LogP contribution is 2.26. The molecule has 0 spiro atoms. The molecule has 1 fully saturated rings. The summed E-state index contributed by atoms with van der Waals surface area (Å²) in [5.74, 6) is 0. The molecule has 1 aliphatic rings. The average Bonchev–Trinajstić information content (AvgIpc) is 2.88. The Kier molecular flexibility index (Phi) is 3.85. The first-order valence-corrected chi connectivity index (χ1v) is 7.09. The molecule has 1 saturated heterocycles. The second-order valence-electron chi connectivity index (χ2n) is 5.37. The zero-order chi connectivity index (χ0) is 13.9. The van der Waals surface area contributed by atoms with E-state index in [1.807, 2.05) is 12.3 Å². The number of rotatable bonds is 3. The molecule has 3 rings (SSSR count). The minimum atomic E-state index is 0.310. The standard InChI is InChI=1S/C16H21N3O/c1-13-5-3-7-17-14(13)11-19-9-10-20-12-16(19)15-6-4-8-18(15)2/h3-8,16H,9-12H2,1-2H3. The van der Waals surface area contributed by atoms with Gasteiger partial charge in [0, 0.05) is 38.2 Å². The van der Waals surface area contributed by atoms with Gasteiger partial charge in [0.15, 0.2) is 0 Å². The van der Waals surface area contributed by atoms with Crippen LogP contribution >= 0.6 is 0 Å². The number of ether oxygens (including phenoxy) is 1. The fourth-order valence-corrected chi connectivity index (χ4v) is 2.80. The molecule has 20 heavy (non-hydrogen) atoms. The monoisotopic (exact) mass is 271 g/mol. The maximum Gasteiger partial charge on any atom is 0.0741 e. The van der Waals surface area contributed by atoms with Crippen LogP contribution in [0.25, 0.3) is 0 Å². The number of nitrogens with zero attached hydrogens (tertiary/aromatic N) is 3. The molecule has 1 unspecified atom stereocenters. The van der Waals surface area contributed by atoms with Crippen molar-refractivity contribution in [3.63, 3.8) is 0 Å². The second-order valence-corrected chi connectivity index (χ2v) is 5.37. The third-order valence-electron chi connectivity index (χ3n) is 4.04. The lowest BCUT2D eigenvalue weighted by Gasteiger charge is -2.35. The summed E-state index contributed by atoms with van der Waals surface area (Å²) in [6.45, 7) is 5.51. The Bertz CT molecular complexity index is 579. The van der Waals surface area contributed by atoms with E-state index in [-0.39, 0.29) is 0 Å². The lowest BCUT2D eigenvalue weighted by atomic mass is 10.1. The van der Waals surface area contributed by atoms with Crippen LogP contribution < -0.4 is 0 Å². The number of hydrogen-bond acceptors (Lipinski definition) is 3. The van der Waals surface area contributed by atoms with Crippen molar-refractivity contribution in [2.75, 3.05) is 19.8 Å². The van der Waals surface area contributed by atoms with Crippen LogP contribution in [0.5, 0.6) is 0 Å². The Hall–Kier alpha value is -1.65. The van der Waals surface area contributed by atoms with Crippen molar-refractivity contribution in [2.24, 2.45) is 7.05 Å². The highest BCUT2D eigenvalue weighted by molar-refractivity contribution is 5.19. The van der Waals surface area contributed by atoms with Crippen LogP contribution in [0.1, 0.15) is 23.0 Å². The van der Waals surface area contributed by atoms with Gasteiger partial charge < -0.3 is 9.30 Å². The largest absolute Gasteiger partial charge is 0.378 e. The number of morpholine rings is 1. The van der Waals surface area contributed by atoms with E-state index in [4.69, 9.17) is 4.74 Å². The van der Waals surface area contributed by atoms with Gasteiger partial charge in [-0.25, -0.2) is 0 Å². The molecule has 2 aromatic heterocycles. The molecule has 0 saturated carbocycles. The van der Waals surface area contributed by atoms with E-state index in [1.165, 1.54) is 11.3 Å². The first kappa shape index (κ1) is 13.3. The van der Waals surface area contributed by atoms with E-state index >= 15 is 0 Å². The molecule has 1 aliphatic heterocycles. The molecule has 0 aromatic carbocycles. The Morgan fingerprint density at radius 1 is 1.35 bits per heavy atom. The van der Waals surface area contributed by atoms with E-state index in [1.54, 1.807) is 0 Å². The normalized spacial score (nSPS) is 20.2. The van der Waals surface area contributed by atoms with E-state index in [2.05, 4.69) is 52.8 Å². The lowest BCUT2D eigenvalue weighted by molar-refractivity contribution is -0.0158. The quantitative estimate of drug-likeness (QED) is 0.858. The van der Waals surface area contributed by atoms with Gasteiger partial charge in [-0.05, 0) is 30.7 Å². The van der Waals surface area contributed by atoms with E-state index in [0.717, 1.165) is 32.0 Å². The predicted molar refractivity (Wildman–Crippen MR) is 78.4 cm³/mol. The lowest BCUT2D eigenvalue weighted by Crippen LogP contribution is -2.40.